The van der Waals surface area contributed by atoms with Crippen molar-refractivity contribution in [2.45, 2.75) is 39.7 Å². The molecule has 1 saturated heterocycles. The monoisotopic (exact) mass is 280 g/mol. The minimum atomic E-state index is 0.0576. The summed E-state index contributed by atoms with van der Waals surface area (Å²) >= 11 is 1.62. The summed E-state index contributed by atoms with van der Waals surface area (Å²) in [5, 5.41) is 5.02. The van der Waals surface area contributed by atoms with Crippen molar-refractivity contribution >= 4 is 17.2 Å². The van der Waals surface area contributed by atoms with Crippen molar-refractivity contribution in [2.24, 2.45) is 5.92 Å². The molecule has 2 rings (SSSR count). The summed E-state index contributed by atoms with van der Waals surface area (Å²) in [6.07, 6.45) is 2.56. The van der Waals surface area contributed by atoms with E-state index in [9.17, 15) is 4.79 Å². The summed E-state index contributed by atoms with van der Waals surface area (Å²) < 4.78 is 0. The van der Waals surface area contributed by atoms with E-state index in [0.717, 1.165) is 18.0 Å². The zero-order valence-corrected chi connectivity index (χ0v) is 12.9. The Morgan fingerprint density at radius 1 is 1.53 bits per heavy atom. The number of thiophene rings is 1. The minimum Gasteiger partial charge on any atom is -0.348 e. The van der Waals surface area contributed by atoms with Gasteiger partial charge in [0.15, 0.2) is 0 Å². The van der Waals surface area contributed by atoms with Gasteiger partial charge in [0.05, 0.1) is 5.56 Å². The van der Waals surface area contributed by atoms with Gasteiger partial charge in [0.2, 0.25) is 0 Å². The number of rotatable bonds is 4. The Bertz CT molecular complexity index is 422. The highest BCUT2D eigenvalue weighted by Crippen LogP contribution is 2.16. The molecule has 1 aromatic heterocycles. The second kappa shape index (κ2) is 6.53. The zero-order chi connectivity index (χ0) is 13.8. The standard InChI is InChI=1S/C15H24N2OS/c1-11-4-6-17(7-5-11)9-12(2)16-15(18)14-8-13(3)19-10-14/h8,10-12H,4-7,9H2,1-3H3,(H,16,18). The Balaban J connectivity index is 1.78. The molecule has 4 heteroatoms. The molecule has 106 valence electrons. The van der Waals surface area contributed by atoms with Crippen LogP contribution in [-0.4, -0.2) is 36.5 Å². The number of hydrogen-bond acceptors (Lipinski definition) is 3. The molecule has 1 atom stereocenters. The Labute approximate surface area is 120 Å². The normalized spacial score (nSPS) is 19.3. The maximum absolute atomic E-state index is 12.0. The Morgan fingerprint density at radius 2 is 2.21 bits per heavy atom. The number of nitrogens with one attached hydrogen (secondary N) is 1. The number of likely N-dealkylation sites (tertiary alicyclic amines) is 1. The van der Waals surface area contributed by atoms with Crippen LogP contribution in [0.15, 0.2) is 11.4 Å². The van der Waals surface area contributed by atoms with Gasteiger partial charge in [-0.15, -0.1) is 11.3 Å². The van der Waals surface area contributed by atoms with Gasteiger partial charge in [-0.1, -0.05) is 6.92 Å². The lowest BCUT2D eigenvalue weighted by atomic mass is 9.99. The number of piperidine rings is 1. The molecule has 0 saturated carbocycles. The van der Waals surface area contributed by atoms with Crippen molar-refractivity contribution in [1.82, 2.24) is 10.2 Å². The van der Waals surface area contributed by atoms with Gasteiger partial charge < -0.3 is 10.2 Å². The topological polar surface area (TPSA) is 32.3 Å². The largest absolute Gasteiger partial charge is 0.348 e. The Hall–Kier alpha value is -0.870. The van der Waals surface area contributed by atoms with Crippen LogP contribution in [0.2, 0.25) is 0 Å². The third kappa shape index (κ3) is 4.32. The molecule has 0 aliphatic carbocycles. The van der Waals surface area contributed by atoms with Crippen molar-refractivity contribution in [1.29, 1.82) is 0 Å². The summed E-state index contributed by atoms with van der Waals surface area (Å²) in [4.78, 5) is 15.7. The minimum absolute atomic E-state index is 0.0576. The highest BCUT2D eigenvalue weighted by atomic mass is 32.1. The van der Waals surface area contributed by atoms with E-state index in [-0.39, 0.29) is 11.9 Å². The van der Waals surface area contributed by atoms with Gasteiger partial charge in [0, 0.05) is 22.8 Å². The Morgan fingerprint density at radius 3 is 2.79 bits per heavy atom. The third-order valence-corrected chi connectivity index (χ3v) is 4.64. The first-order valence-electron chi connectivity index (χ1n) is 7.13. The highest BCUT2D eigenvalue weighted by Gasteiger charge is 2.18. The molecule has 0 spiro atoms. The second-order valence-corrected chi connectivity index (χ2v) is 6.92. The molecule has 1 unspecified atom stereocenters. The van der Waals surface area contributed by atoms with Crippen LogP contribution in [0.5, 0.6) is 0 Å². The fourth-order valence-electron chi connectivity index (χ4n) is 2.55. The van der Waals surface area contributed by atoms with Crippen LogP contribution in [0.3, 0.4) is 0 Å². The quantitative estimate of drug-likeness (QED) is 0.920. The van der Waals surface area contributed by atoms with Gasteiger partial charge in [-0.2, -0.15) is 0 Å². The number of carbonyl (C=O) groups excluding carboxylic acids is 1. The van der Waals surface area contributed by atoms with E-state index in [1.165, 1.54) is 30.8 Å². The number of nitrogens with zero attached hydrogens (tertiary/aromatic N) is 1. The van der Waals surface area contributed by atoms with Gasteiger partial charge in [0.1, 0.15) is 0 Å². The first-order chi connectivity index (χ1) is 9.04. The van der Waals surface area contributed by atoms with Crippen LogP contribution < -0.4 is 5.32 Å². The molecular formula is C15H24N2OS. The number of hydrogen-bond donors (Lipinski definition) is 1. The van der Waals surface area contributed by atoms with Gasteiger partial charge in [0.25, 0.3) is 5.91 Å². The van der Waals surface area contributed by atoms with Crippen LogP contribution in [0.4, 0.5) is 0 Å². The molecule has 1 aliphatic rings. The number of amides is 1. The van der Waals surface area contributed by atoms with Crippen molar-refractivity contribution in [3.63, 3.8) is 0 Å². The van der Waals surface area contributed by atoms with Gasteiger partial charge >= 0.3 is 0 Å². The smallest absolute Gasteiger partial charge is 0.252 e. The summed E-state index contributed by atoms with van der Waals surface area (Å²) in [7, 11) is 0. The van der Waals surface area contributed by atoms with Crippen LogP contribution in [0.1, 0.15) is 41.9 Å². The maximum atomic E-state index is 12.0. The molecule has 0 radical (unpaired) electrons. The van der Waals surface area contributed by atoms with Crippen molar-refractivity contribution in [2.75, 3.05) is 19.6 Å². The average molecular weight is 280 g/mol. The molecule has 3 nitrogen and oxygen atoms in total. The highest BCUT2D eigenvalue weighted by molar-refractivity contribution is 7.10. The van der Waals surface area contributed by atoms with E-state index in [1.807, 2.05) is 18.4 Å². The summed E-state index contributed by atoms with van der Waals surface area (Å²) in [5.74, 6) is 0.914. The molecule has 1 fully saturated rings. The predicted octanol–water partition coefficient (Wildman–Crippen LogP) is 2.91. The van der Waals surface area contributed by atoms with Crippen molar-refractivity contribution in [3.8, 4) is 0 Å². The first kappa shape index (κ1) is 14.5. The molecule has 0 aromatic carbocycles. The van der Waals surface area contributed by atoms with Gasteiger partial charge in [-0.25, -0.2) is 0 Å². The lowest BCUT2D eigenvalue weighted by molar-refractivity contribution is 0.0922. The van der Waals surface area contributed by atoms with E-state index >= 15 is 0 Å². The SMILES string of the molecule is Cc1cc(C(=O)NC(C)CN2CCC(C)CC2)cs1. The van der Waals surface area contributed by atoms with Crippen molar-refractivity contribution < 1.29 is 4.79 Å². The molecule has 2 heterocycles. The van der Waals surface area contributed by atoms with Crippen LogP contribution in [0, 0.1) is 12.8 Å². The predicted molar refractivity (Wildman–Crippen MR) is 80.8 cm³/mol. The molecule has 19 heavy (non-hydrogen) atoms. The number of aryl methyl sites for hydroxylation is 1. The van der Waals surface area contributed by atoms with E-state index in [1.54, 1.807) is 11.3 Å². The van der Waals surface area contributed by atoms with Crippen LogP contribution in [0.25, 0.3) is 0 Å². The molecule has 0 bridgehead atoms. The first-order valence-corrected chi connectivity index (χ1v) is 8.01. The fraction of sp³-hybridized carbons (Fsp3) is 0.667. The van der Waals surface area contributed by atoms with E-state index in [0.29, 0.717) is 0 Å². The van der Waals surface area contributed by atoms with Crippen LogP contribution in [-0.2, 0) is 0 Å². The lowest BCUT2D eigenvalue weighted by Crippen LogP contribution is -2.44. The van der Waals surface area contributed by atoms with Gasteiger partial charge in [-0.3, -0.25) is 4.79 Å². The molecular weight excluding hydrogens is 256 g/mol. The lowest BCUT2D eigenvalue weighted by Gasteiger charge is -2.32. The average Bonchev–Trinajstić information content (AvgIpc) is 2.79. The zero-order valence-electron chi connectivity index (χ0n) is 12.1. The van der Waals surface area contributed by atoms with Crippen LogP contribution >= 0.6 is 11.3 Å². The van der Waals surface area contributed by atoms with E-state index in [4.69, 9.17) is 0 Å². The van der Waals surface area contributed by atoms with E-state index < -0.39 is 0 Å². The summed E-state index contributed by atoms with van der Waals surface area (Å²) in [6, 6.07) is 2.16. The second-order valence-electron chi connectivity index (χ2n) is 5.80. The van der Waals surface area contributed by atoms with E-state index in [2.05, 4.69) is 24.1 Å². The maximum Gasteiger partial charge on any atom is 0.252 e. The summed E-state index contributed by atoms with van der Waals surface area (Å²) in [5.41, 5.74) is 0.793. The third-order valence-electron chi connectivity index (χ3n) is 3.78. The fourth-order valence-corrected chi connectivity index (χ4v) is 3.23. The van der Waals surface area contributed by atoms with Crippen molar-refractivity contribution in [3.05, 3.63) is 21.9 Å². The Kier molecular flexibility index (Phi) is 4.99. The molecule has 1 N–H and O–H groups in total. The molecule has 1 amide bonds. The molecule has 1 aliphatic heterocycles. The molecule has 1 aromatic rings. The van der Waals surface area contributed by atoms with Gasteiger partial charge in [-0.05, 0) is 51.8 Å². The summed E-state index contributed by atoms with van der Waals surface area (Å²) in [6.45, 7) is 9.73. The number of carbonyl (C=O) groups is 1.